The minimum atomic E-state index is -0.839. The highest BCUT2D eigenvalue weighted by Gasteiger charge is 2.47. The maximum absolute atomic E-state index is 12.0. The van der Waals surface area contributed by atoms with Gasteiger partial charge in [-0.1, -0.05) is 13.8 Å². The molecule has 0 spiro atoms. The van der Waals surface area contributed by atoms with Gasteiger partial charge in [0.25, 0.3) is 0 Å². The number of carbonyl (C=O) groups excluding carboxylic acids is 1. The van der Waals surface area contributed by atoms with Crippen LogP contribution in [0.15, 0.2) is 0 Å². The number of rotatable bonds is 5. The molecule has 2 N–H and O–H groups in total. The molecule has 0 radical (unpaired) electrons. The fraction of sp³-hybridized carbons (Fsp3) is 0.857. The van der Waals surface area contributed by atoms with Crippen molar-refractivity contribution in [3.05, 3.63) is 0 Å². The zero-order valence-electron chi connectivity index (χ0n) is 12.2. The molecule has 20 heavy (non-hydrogen) atoms. The molecule has 0 aromatic carbocycles. The summed E-state index contributed by atoms with van der Waals surface area (Å²) in [5, 5.41) is 11.6. The van der Waals surface area contributed by atoms with Gasteiger partial charge < -0.3 is 20.1 Å². The predicted molar refractivity (Wildman–Crippen MR) is 73.5 cm³/mol. The second-order valence-electron chi connectivity index (χ2n) is 6.40. The van der Waals surface area contributed by atoms with Gasteiger partial charge in [-0.2, -0.15) is 0 Å². The van der Waals surface area contributed by atoms with E-state index in [2.05, 4.69) is 19.2 Å². The van der Waals surface area contributed by atoms with E-state index in [-0.39, 0.29) is 30.6 Å². The number of aliphatic carboxylic acids is 1. The van der Waals surface area contributed by atoms with Crippen molar-refractivity contribution in [3.63, 3.8) is 0 Å². The number of nitrogens with one attached hydrogen (secondary N) is 1. The highest BCUT2D eigenvalue weighted by atomic mass is 16.5. The molecule has 2 aliphatic rings. The lowest BCUT2D eigenvalue weighted by Gasteiger charge is -2.32. The fourth-order valence-corrected chi connectivity index (χ4v) is 2.49. The molecule has 114 valence electrons. The summed E-state index contributed by atoms with van der Waals surface area (Å²) in [7, 11) is 0. The largest absolute Gasteiger partial charge is 0.481 e. The molecule has 2 amide bonds. The van der Waals surface area contributed by atoms with Crippen LogP contribution >= 0.6 is 0 Å². The lowest BCUT2D eigenvalue weighted by Crippen LogP contribution is -2.47. The molecule has 1 saturated heterocycles. The third kappa shape index (κ3) is 4.10. The number of amides is 2. The van der Waals surface area contributed by atoms with E-state index < -0.39 is 5.97 Å². The first kappa shape index (κ1) is 15.1. The first-order chi connectivity index (χ1) is 9.38. The lowest BCUT2D eigenvalue weighted by atomic mass is 10.1. The average Bonchev–Trinajstić information content (AvgIpc) is 2.96. The third-order valence-electron chi connectivity index (χ3n) is 4.21. The summed E-state index contributed by atoms with van der Waals surface area (Å²) in [5.74, 6) is -0.839. The Hall–Kier alpha value is -1.30. The molecule has 1 unspecified atom stereocenters. The number of hydrogen-bond acceptors (Lipinski definition) is 3. The quantitative estimate of drug-likeness (QED) is 0.801. The Labute approximate surface area is 119 Å². The predicted octanol–water partition coefficient (Wildman–Crippen LogP) is 1.45. The van der Waals surface area contributed by atoms with Crippen molar-refractivity contribution in [1.29, 1.82) is 0 Å². The van der Waals surface area contributed by atoms with Crippen molar-refractivity contribution in [1.82, 2.24) is 10.2 Å². The van der Waals surface area contributed by atoms with E-state index in [0.717, 1.165) is 19.3 Å². The summed E-state index contributed by atoms with van der Waals surface area (Å²) < 4.78 is 5.51. The van der Waals surface area contributed by atoms with Gasteiger partial charge in [-0.3, -0.25) is 4.79 Å². The van der Waals surface area contributed by atoms with Gasteiger partial charge in [-0.15, -0.1) is 0 Å². The SMILES string of the molecule is CC1(C)CC1NC(=O)N1CCC(OCCC(=O)O)CC1. The first-order valence-electron chi connectivity index (χ1n) is 7.27. The number of carboxylic acids is 1. The number of likely N-dealkylation sites (tertiary alicyclic amines) is 1. The fourth-order valence-electron chi connectivity index (χ4n) is 2.49. The highest BCUT2D eigenvalue weighted by molar-refractivity contribution is 5.75. The molecule has 0 aromatic heterocycles. The molecule has 1 aliphatic heterocycles. The Balaban J connectivity index is 1.63. The van der Waals surface area contributed by atoms with E-state index in [1.165, 1.54) is 0 Å². The van der Waals surface area contributed by atoms with Crippen molar-refractivity contribution in [2.75, 3.05) is 19.7 Å². The second-order valence-corrected chi connectivity index (χ2v) is 6.40. The molecule has 2 fully saturated rings. The molecule has 1 saturated carbocycles. The van der Waals surface area contributed by atoms with Crippen LogP contribution in [0.25, 0.3) is 0 Å². The molecule has 1 heterocycles. The number of carbonyl (C=O) groups is 2. The van der Waals surface area contributed by atoms with Crippen LogP contribution < -0.4 is 5.32 Å². The molecule has 0 aromatic rings. The Bertz CT molecular complexity index is 375. The van der Waals surface area contributed by atoms with Gasteiger partial charge in [-0.25, -0.2) is 4.79 Å². The summed E-state index contributed by atoms with van der Waals surface area (Å²) in [4.78, 5) is 24.3. The van der Waals surface area contributed by atoms with Gasteiger partial charge in [0.2, 0.25) is 0 Å². The van der Waals surface area contributed by atoms with Crippen LogP contribution in [0.2, 0.25) is 0 Å². The number of hydrogen-bond donors (Lipinski definition) is 2. The van der Waals surface area contributed by atoms with Gasteiger partial charge >= 0.3 is 12.0 Å². The number of ether oxygens (including phenoxy) is 1. The minimum Gasteiger partial charge on any atom is -0.481 e. The summed E-state index contributed by atoms with van der Waals surface area (Å²) >= 11 is 0. The summed E-state index contributed by atoms with van der Waals surface area (Å²) in [6.45, 7) is 5.91. The number of nitrogens with zero attached hydrogens (tertiary/aromatic N) is 1. The van der Waals surface area contributed by atoms with Gasteiger partial charge in [0.05, 0.1) is 19.1 Å². The smallest absolute Gasteiger partial charge is 0.317 e. The van der Waals surface area contributed by atoms with Crippen LogP contribution in [0.1, 0.15) is 39.5 Å². The Morgan fingerprint density at radius 3 is 2.45 bits per heavy atom. The van der Waals surface area contributed by atoms with Gasteiger partial charge in [0.1, 0.15) is 0 Å². The summed E-state index contributed by atoms with van der Waals surface area (Å²) in [5.41, 5.74) is 0.244. The highest BCUT2D eigenvalue weighted by Crippen LogP contribution is 2.44. The van der Waals surface area contributed by atoms with Gasteiger partial charge in [0, 0.05) is 19.1 Å². The van der Waals surface area contributed by atoms with E-state index in [9.17, 15) is 9.59 Å². The average molecular weight is 284 g/mol. The zero-order valence-corrected chi connectivity index (χ0v) is 12.2. The molecule has 1 aliphatic carbocycles. The number of urea groups is 1. The van der Waals surface area contributed by atoms with Crippen molar-refractivity contribution < 1.29 is 19.4 Å². The number of carboxylic acid groups (broad SMARTS) is 1. The first-order valence-corrected chi connectivity index (χ1v) is 7.27. The molecular weight excluding hydrogens is 260 g/mol. The van der Waals surface area contributed by atoms with Crippen LogP contribution in [0.4, 0.5) is 4.79 Å². The lowest BCUT2D eigenvalue weighted by molar-refractivity contribution is -0.138. The van der Waals surface area contributed by atoms with E-state index >= 15 is 0 Å². The second kappa shape index (κ2) is 5.99. The molecule has 0 bridgehead atoms. The topological polar surface area (TPSA) is 78.9 Å². The van der Waals surface area contributed by atoms with Crippen LogP contribution in [0.3, 0.4) is 0 Å². The maximum atomic E-state index is 12.0. The molecular formula is C14H24N2O4. The Morgan fingerprint density at radius 1 is 1.35 bits per heavy atom. The maximum Gasteiger partial charge on any atom is 0.317 e. The molecule has 6 nitrogen and oxygen atoms in total. The van der Waals surface area contributed by atoms with Gasteiger partial charge in [-0.05, 0) is 24.7 Å². The van der Waals surface area contributed by atoms with Crippen molar-refractivity contribution in [2.24, 2.45) is 5.41 Å². The normalized spacial score (nSPS) is 25.3. The van der Waals surface area contributed by atoms with Crippen LogP contribution in [0, 0.1) is 5.41 Å². The summed E-state index contributed by atoms with van der Waals surface area (Å²) in [6, 6.07) is 0.323. The van der Waals surface area contributed by atoms with Crippen molar-refractivity contribution >= 4 is 12.0 Å². The van der Waals surface area contributed by atoms with Crippen molar-refractivity contribution in [2.45, 2.75) is 51.7 Å². The van der Waals surface area contributed by atoms with E-state index in [1.54, 1.807) is 0 Å². The molecule has 1 atom stereocenters. The Kier molecular flexibility index (Phi) is 4.52. The minimum absolute atomic E-state index is 0.0181. The standard InChI is InChI=1S/C14H24N2O4/c1-14(2)9-11(14)15-13(19)16-6-3-10(4-7-16)20-8-5-12(17)18/h10-11H,3-9H2,1-2H3,(H,15,19)(H,17,18). The molecule has 6 heteroatoms. The molecule has 2 rings (SSSR count). The number of piperidine rings is 1. The van der Waals surface area contributed by atoms with E-state index in [0.29, 0.717) is 19.1 Å². The zero-order chi connectivity index (χ0) is 14.8. The van der Waals surface area contributed by atoms with Gasteiger partial charge in [0.15, 0.2) is 0 Å². The Morgan fingerprint density at radius 2 is 1.95 bits per heavy atom. The monoisotopic (exact) mass is 284 g/mol. The van der Waals surface area contributed by atoms with Crippen LogP contribution in [-0.4, -0.2) is 53.8 Å². The third-order valence-corrected chi connectivity index (χ3v) is 4.21. The van der Waals surface area contributed by atoms with Crippen LogP contribution in [0.5, 0.6) is 0 Å². The summed E-state index contributed by atoms with van der Waals surface area (Å²) in [6.07, 6.45) is 2.73. The van der Waals surface area contributed by atoms with Crippen LogP contribution in [-0.2, 0) is 9.53 Å². The van der Waals surface area contributed by atoms with E-state index in [1.807, 2.05) is 4.90 Å². The van der Waals surface area contributed by atoms with E-state index in [4.69, 9.17) is 9.84 Å². The van der Waals surface area contributed by atoms with Crippen molar-refractivity contribution in [3.8, 4) is 0 Å².